The fourth-order valence-electron chi connectivity index (χ4n) is 4.57. The maximum atomic E-state index is 6.58. The Morgan fingerprint density at radius 1 is 1.11 bits per heavy atom. The highest BCUT2D eigenvalue weighted by molar-refractivity contribution is 7.80. The van der Waals surface area contributed by atoms with Crippen molar-refractivity contribution in [3.05, 3.63) is 58.6 Å². The van der Waals surface area contributed by atoms with E-state index in [2.05, 4.69) is 48.3 Å². The largest absolute Gasteiger partial charge is 0.341 e. The summed E-state index contributed by atoms with van der Waals surface area (Å²) in [5.74, 6) is 0.973. The molecule has 1 aliphatic carbocycles. The molecule has 0 bridgehead atoms. The Morgan fingerprint density at radius 2 is 1.86 bits per heavy atom. The third-order valence-electron chi connectivity index (χ3n) is 6.03. The molecule has 0 aromatic heterocycles. The van der Waals surface area contributed by atoms with Crippen LogP contribution in [-0.2, 0) is 6.42 Å². The van der Waals surface area contributed by atoms with Gasteiger partial charge in [0.1, 0.15) is 11.4 Å². The molecule has 4 rings (SSSR count). The first-order chi connectivity index (χ1) is 13.6. The molecule has 1 aliphatic heterocycles. The Bertz CT molecular complexity index is 931. The molecule has 0 atom stereocenters. The van der Waals surface area contributed by atoms with Crippen LogP contribution in [-0.4, -0.2) is 16.5 Å². The molecular weight excluding hydrogens is 386 g/mol. The van der Waals surface area contributed by atoms with Crippen molar-refractivity contribution in [2.75, 3.05) is 10.2 Å². The predicted molar refractivity (Wildman–Crippen MR) is 124 cm³/mol. The zero-order valence-electron chi connectivity index (χ0n) is 16.5. The Labute approximate surface area is 177 Å². The topological polar surface area (TPSA) is 27.6 Å². The Hall–Kier alpha value is -1.91. The molecule has 146 valence electrons. The van der Waals surface area contributed by atoms with Gasteiger partial charge >= 0.3 is 0 Å². The van der Waals surface area contributed by atoms with E-state index in [1.807, 2.05) is 18.2 Å². The third kappa shape index (κ3) is 3.23. The molecule has 5 heteroatoms. The van der Waals surface area contributed by atoms with Crippen LogP contribution in [0.2, 0.25) is 5.02 Å². The summed E-state index contributed by atoms with van der Waals surface area (Å²) in [4.78, 5) is 7.08. The number of amidine groups is 1. The molecule has 1 fully saturated rings. The Morgan fingerprint density at radius 3 is 2.57 bits per heavy atom. The SMILES string of the molecule is CCc1cccc(C)c1NC1=NC(=S)N(c2ccccc2Cl)C12CCCCC2. The van der Waals surface area contributed by atoms with Crippen molar-refractivity contribution in [1.29, 1.82) is 0 Å². The maximum absolute atomic E-state index is 6.58. The van der Waals surface area contributed by atoms with Gasteiger partial charge in [-0.3, -0.25) is 0 Å². The van der Waals surface area contributed by atoms with E-state index < -0.39 is 0 Å². The lowest BCUT2D eigenvalue weighted by molar-refractivity contribution is 0.386. The average Bonchev–Trinajstić information content (AvgIpc) is 2.95. The molecule has 0 saturated heterocycles. The highest BCUT2D eigenvalue weighted by atomic mass is 35.5. The number of benzene rings is 2. The molecule has 2 aliphatic rings. The van der Waals surface area contributed by atoms with Crippen molar-refractivity contribution in [3.8, 4) is 0 Å². The van der Waals surface area contributed by atoms with Gasteiger partial charge in [-0.05, 0) is 61.7 Å². The molecule has 0 amide bonds. The summed E-state index contributed by atoms with van der Waals surface area (Å²) in [6, 6.07) is 14.4. The molecule has 1 N–H and O–H groups in total. The smallest absolute Gasteiger partial charge is 0.202 e. The zero-order chi connectivity index (χ0) is 19.7. The van der Waals surface area contributed by atoms with Crippen LogP contribution >= 0.6 is 23.8 Å². The van der Waals surface area contributed by atoms with Gasteiger partial charge in [0.15, 0.2) is 0 Å². The number of aliphatic imine (C=N–C) groups is 1. The number of nitrogens with one attached hydrogen (secondary N) is 1. The summed E-state index contributed by atoms with van der Waals surface area (Å²) >= 11 is 12.3. The number of para-hydroxylation sites is 2. The molecule has 1 heterocycles. The minimum absolute atomic E-state index is 0.242. The first-order valence-electron chi connectivity index (χ1n) is 10.1. The van der Waals surface area contributed by atoms with Crippen molar-refractivity contribution < 1.29 is 0 Å². The van der Waals surface area contributed by atoms with Crippen molar-refractivity contribution in [2.45, 2.75) is 57.9 Å². The van der Waals surface area contributed by atoms with Gasteiger partial charge in [0.2, 0.25) is 5.11 Å². The van der Waals surface area contributed by atoms with E-state index in [1.54, 1.807) is 0 Å². The average molecular weight is 412 g/mol. The number of thiocarbonyl (C=S) groups is 1. The Balaban J connectivity index is 1.79. The number of aryl methyl sites for hydroxylation is 2. The summed E-state index contributed by atoms with van der Waals surface area (Å²) < 4.78 is 0. The molecule has 2 aromatic rings. The van der Waals surface area contributed by atoms with E-state index in [9.17, 15) is 0 Å². The van der Waals surface area contributed by atoms with Crippen LogP contribution in [0.15, 0.2) is 47.5 Å². The van der Waals surface area contributed by atoms with Crippen LogP contribution in [0.5, 0.6) is 0 Å². The summed E-state index contributed by atoms with van der Waals surface area (Å²) in [5.41, 5.74) is 4.41. The highest BCUT2D eigenvalue weighted by Gasteiger charge is 2.49. The quantitative estimate of drug-likeness (QED) is 0.582. The van der Waals surface area contributed by atoms with Crippen LogP contribution in [0.3, 0.4) is 0 Å². The molecule has 3 nitrogen and oxygen atoms in total. The van der Waals surface area contributed by atoms with Crippen molar-refractivity contribution in [2.24, 2.45) is 4.99 Å². The lowest BCUT2D eigenvalue weighted by atomic mass is 9.79. The van der Waals surface area contributed by atoms with E-state index in [0.29, 0.717) is 5.11 Å². The van der Waals surface area contributed by atoms with Gasteiger partial charge in [-0.25, -0.2) is 4.99 Å². The standard InChI is InChI=1S/C23H26ClN3S/c1-3-17-11-9-10-16(2)20(17)25-21-23(14-7-4-8-15-23)27(22(28)26-21)19-13-6-5-12-18(19)24/h5-6,9-13H,3-4,7-8,14-15H2,1-2H3,(H,25,26,28). The normalized spacial score (nSPS) is 18.5. The van der Waals surface area contributed by atoms with Gasteiger partial charge < -0.3 is 10.2 Å². The summed E-state index contributed by atoms with van der Waals surface area (Å²) in [7, 11) is 0. The van der Waals surface area contributed by atoms with Crippen LogP contribution < -0.4 is 10.2 Å². The van der Waals surface area contributed by atoms with E-state index >= 15 is 0 Å². The van der Waals surface area contributed by atoms with E-state index in [4.69, 9.17) is 28.8 Å². The van der Waals surface area contributed by atoms with E-state index in [0.717, 1.165) is 41.5 Å². The molecule has 1 saturated carbocycles. The second kappa shape index (κ2) is 7.84. The Kier molecular flexibility index (Phi) is 5.44. The van der Waals surface area contributed by atoms with Crippen LogP contribution in [0.1, 0.15) is 50.2 Å². The maximum Gasteiger partial charge on any atom is 0.202 e. The molecule has 0 radical (unpaired) electrons. The first kappa shape index (κ1) is 19.4. The highest BCUT2D eigenvalue weighted by Crippen LogP contribution is 2.44. The molecular formula is C23H26ClN3S. The lowest BCUT2D eigenvalue weighted by Crippen LogP contribution is -2.55. The zero-order valence-corrected chi connectivity index (χ0v) is 18.0. The number of halogens is 1. The number of nitrogens with zero attached hydrogens (tertiary/aromatic N) is 2. The number of rotatable bonds is 3. The minimum Gasteiger partial charge on any atom is -0.341 e. The van der Waals surface area contributed by atoms with Crippen molar-refractivity contribution in [3.63, 3.8) is 0 Å². The van der Waals surface area contributed by atoms with Gasteiger partial charge in [-0.1, -0.05) is 68.1 Å². The monoisotopic (exact) mass is 411 g/mol. The number of anilines is 2. The van der Waals surface area contributed by atoms with E-state index in [-0.39, 0.29) is 5.54 Å². The minimum atomic E-state index is -0.242. The molecule has 1 spiro atoms. The molecule has 0 unspecified atom stereocenters. The van der Waals surface area contributed by atoms with Gasteiger partial charge in [0.05, 0.1) is 10.7 Å². The number of hydrogen-bond donors (Lipinski definition) is 1. The first-order valence-corrected chi connectivity index (χ1v) is 10.9. The van der Waals surface area contributed by atoms with Crippen molar-refractivity contribution >= 4 is 46.1 Å². The summed E-state index contributed by atoms with van der Waals surface area (Å²) in [6.45, 7) is 4.34. The van der Waals surface area contributed by atoms with Gasteiger partial charge in [-0.2, -0.15) is 0 Å². The summed E-state index contributed by atoms with van der Waals surface area (Å²) in [5, 5.41) is 5.04. The van der Waals surface area contributed by atoms with E-state index in [1.165, 1.54) is 30.4 Å². The van der Waals surface area contributed by atoms with Crippen LogP contribution in [0.25, 0.3) is 0 Å². The van der Waals surface area contributed by atoms with Crippen LogP contribution in [0.4, 0.5) is 11.4 Å². The van der Waals surface area contributed by atoms with Gasteiger partial charge in [0.25, 0.3) is 0 Å². The third-order valence-corrected chi connectivity index (χ3v) is 6.62. The number of hydrogen-bond acceptors (Lipinski definition) is 2. The lowest BCUT2D eigenvalue weighted by Gasteiger charge is -2.43. The second-order valence-corrected chi connectivity index (χ2v) is 8.48. The van der Waals surface area contributed by atoms with Gasteiger partial charge in [0, 0.05) is 5.69 Å². The van der Waals surface area contributed by atoms with Crippen molar-refractivity contribution in [1.82, 2.24) is 0 Å². The second-order valence-electron chi connectivity index (χ2n) is 7.71. The van der Waals surface area contributed by atoms with Gasteiger partial charge in [-0.15, -0.1) is 0 Å². The fraction of sp³-hybridized carbons (Fsp3) is 0.391. The molecule has 2 aromatic carbocycles. The predicted octanol–water partition coefficient (Wildman–Crippen LogP) is 6.53. The fourth-order valence-corrected chi connectivity index (χ4v) is 5.15. The summed E-state index contributed by atoms with van der Waals surface area (Å²) in [6.07, 6.45) is 6.61. The molecule has 28 heavy (non-hydrogen) atoms. The van der Waals surface area contributed by atoms with Crippen LogP contribution in [0, 0.1) is 6.92 Å².